The van der Waals surface area contributed by atoms with Crippen LogP contribution in [0.15, 0.2) is 18.2 Å². The number of rotatable bonds is 6. The summed E-state index contributed by atoms with van der Waals surface area (Å²) >= 11 is 0. The summed E-state index contributed by atoms with van der Waals surface area (Å²) in [5.41, 5.74) is -0.0570. The molecule has 9 heteroatoms. The lowest BCUT2D eigenvalue weighted by molar-refractivity contribution is -0.385. The lowest BCUT2D eigenvalue weighted by Gasteiger charge is -2.03. The van der Waals surface area contributed by atoms with Crippen LogP contribution >= 0.6 is 0 Å². The number of hydrogen-bond acceptors (Lipinski definition) is 7. The number of amides is 1. The third kappa shape index (κ3) is 3.80. The lowest BCUT2D eigenvalue weighted by atomic mass is 10.1. The van der Waals surface area contributed by atoms with Crippen molar-refractivity contribution in [3.63, 3.8) is 0 Å². The van der Waals surface area contributed by atoms with Gasteiger partial charge in [-0.1, -0.05) is 0 Å². The topological polar surface area (TPSA) is 117 Å². The average molecular weight is 334 g/mol. The van der Waals surface area contributed by atoms with E-state index in [0.29, 0.717) is 5.75 Å². The van der Waals surface area contributed by atoms with Crippen molar-refractivity contribution in [2.24, 2.45) is 0 Å². The zero-order chi connectivity index (χ0) is 17.1. The van der Waals surface area contributed by atoms with Gasteiger partial charge in [0, 0.05) is 12.1 Å². The monoisotopic (exact) mass is 334 g/mol. The molecule has 0 radical (unpaired) electrons. The van der Waals surface area contributed by atoms with Crippen molar-refractivity contribution in [3.05, 3.63) is 33.9 Å². The molecule has 0 spiro atoms. The summed E-state index contributed by atoms with van der Waals surface area (Å²) in [4.78, 5) is 33.5. The number of nitrogens with zero attached hydrogens (tertiary/aromatic N) is 1. The number of benzene rings is 1. The Hall–Kier alpha value is -3.10. The van der Waals surface area contributed by atoms with E-state index in [-0.39, 0.29) is 42.3 Å². The molecule has 1 aromatic rings. The molecule has 24 heavy (non-hydrogen) atoms. The molecule has 1 N–H and O–H groups in total. The maximum absolute atomic E-state index is 11.6. The van der Waals surface area contributed by atoms with E-state index in [4.69, 9.17) is 14.2 Å². The van der Waals surface area contributed by atoms with Crippen LogP contribution in [0.2, 0.25) is 0 Å². The number of nitro groups is 1. The van der Waals surface area contributed by atoms with Crippen molar-refractivity contribution in [1.29, 1.82) is 0 Å². The van der Waals surface area contributed by atoms with E-state index in [2.05, 4.69) is 5.32 Å². The Morgan fingerprint density at radius 3 is 2.71 bits per heavy atom. The molecular formula is C15H14N2O7. The number of nitro benzene ring substituents is 1. The summed E-state index contributed by atoms with van der Waals surface area (Å²) < 4.78 is 15.0. The molecule has 3 rings (SSSR count). The second-order valence-electron chi connectivity index (χ2n) is 5.30. The summed E-state index contributed by atoms with van der Waals surface area (Å²) in [6.45, 7) is -0.402. The van der Waals surface area contributed by atoms with Gasteiger partial charge in [-0.3, -0.25) is 14.9 Å². The summed E-state index contributed by atoms with van der Waals surface area (Å²) in [6.07, 6.45) is 4.14. The Balaban J connectivity index is 1.63. The van der Waals surface area contributed by atoms with E-state index in [0.717, 1.165) is 18.9 Å². The molecule has 2 aliphatic rings. The van der Waals surface area contributed by atoms with E-state index in [9.17, 15) is 19.7 Å². The standard InChI is InChI=1S/C15H14N2O7/c18-14(16-10-2-3-10)7-22-15(19)4-1-9-5-12-13(24-8-23-12)6-11(9)17(20)21/h1,4-6,10H,2-3,7-8H2,(H,16,18)/b4-1+. The number of ether oxygens (including phenoxy) is 3. The van der Waals surface area contributed by atoms with Gasteiger partial charge in [-0.2, -0.15) is 0 Å². The first kappa shape index (κ1) is 15.8. The number of nitrogens with one attached hydrogen (secondary N) is 1. The third-order valence-electron chi connectivity index (χ3n) is 3.41. The van der Waals surface area contributed by atoms with Gasteiger partial charge in [0.05, 0.1) is 16.6 Å². The Morgan fingerprint density at radius 1 is 1.33 bits per heavy atom. The Kier molecular flexibility index (Phi) is 4.32. The molecule has 9 nitrogen and oxygen atoms in total. The molecule has 1 aromatic carbocycles. The molecule has 0 bridgehead atoms. The fourth-order valence-corrected chi connectivity index (χ4v) is 2.08. The van der Waals surface area contributed by atoms with Gasteiger partial charge in [0.25, 0.3) is 11.6 Å². The van der Waals surface area contributed by atoms with Crippen molar-refractivity contribution in [2.75, 3.05) is 13.4 Å². The zero-order valence-corrected chi connectivity index (χ0v) is 12.5. The summed E-state index contributed by atoms with van der Waals surface area (Å²) in [7, 11) is 0. The minimum absolute atomic E-state index is 0.0161. The van der Waals surface area contributed by atoms with Crippen LogP contribution in [-0.4, -0.2) is 36.2 Å². The van der Waals surface area contributed by atoms with E-state index in [1.165, 1.54) is 18.2 Å². The van der Waals surface area contributed by atoms with Gasteiger partial charge in [0.1, 0.15) is 0 Å². The normalized spacial score (nSPS) is 15.3. The summed E-state index contributed by atoms with van der Waals surface area (Å²) in [5, 5.41) is 13.8. The van der Waals surface area contributed by atoms with Crippen LogP contribution in [0.1, 0.15) is 18.4 Å². The van der Waals surface area contributed by atoms with E-state index >= 15 is 0 Å². The van der Waals surface area contributed by atoms with Crippen LogP contribution in [-0.2, 0) is 14.3 Å². The maximum Gasteiger partial charge on any atom is 0.331 e. The highest BCUT2D eigenvalue weighted by Gasteiger charge is 2.24. The second-order valence-corrected chi connectivity index (χ2v) is 5.30. The highest BCUT2D eigenvalue weighted by atomic mass is 16.7. The summed E-state index contributed by atoms with van der Waals surface area (Å²) in [6, 6.07) is 2.82. The SMILES string of the molecule is O=C(COC(=O)/C=C/c1cc2c(cc1[N+](=O)[O-])OCO2)NC1CC1. The number of esters is 1. The molecule has 1 fully saturated rings. The van der Waals surface area contributed by atoms with E-state index in [1.807, 2.05) is 0 Å². The molecule has 0 atom stereocenters. The fourth-order valence-electron chi connectivity index (χ4n) is 2.08. The van der Waals surface area contributed by atoms with Crippen LogP contribution in [0.3, 0.4) is 0 Å². The first-order valence-corrected chi connectivity index (χ1v) is 7.25. The first-order chi connectivity index (χ1) is 11.5. The molecule has 0 aromatic heterocycles. The van der Waals surface area contributed by atoms with Crippen LogP contribution in [0, 0.1) is 10.1 Å². The highest BCUT2D eigenvalue weighted by molar-refractivity contribution is 5.90. The molecule has 1 aliphatic carbocycles. The number of hydrogen-bond donors (Lipinski definition) is 1. The lowest BCUT2D eigenvalue weighted by Crippen LogP contribution is -2.30. The Labute approximate surface area is 136 Å². The Morgan fingerprint density at radius 2 is 2.04 bits per heavy atom. The van der Waals surface area contributed by atoms with Gasteiger partial charge >= 0.3 is 5.97 Å². The highest BCUT2D eigenvalue weighted by Crippen LogP contribution is 2.38. The molecule has 0 saturated heterocycles. The minimum atomic E-state index is -0.770. The third-order valence-corrected chi connectivity index (χ3v) is 3.41. The molecular weight excluding hydrogens is 320 g/mol. The van der Waals surface area contributed by atoms with Crippen LogP contribution in [0.4, 0.5) is 5.69 Å². The average Bonchev–Trinajstić information content (AvgIpc) is 3.23. The molecule has 1 heterocycles. The predicted octanol–water partition coefficient (Wildman–Crippen LogP) is 1.16. The maximum atomic E-state index is 11.6. The van der Waals surface area contributed by atoms with Gasteiger partial charge < -0.3 is 19.5 Å². The van der Waals surface area contributed by atoms with E-state index < -0.39 is 10.9 Å². The molecule has 1 aliphatic heterocycles. The number of carbonyl (C=O) groups excluding carboxylic acids is 2. The van der Waals surface area contributed by atoms with Gasteiger partial charge in [0.15, 0.2) is 18.1 Å². The predicted molar refractivity (Wildman–Crippen MR) is 80.4 cm³/mol. The van der Waals surface area contributed by atoms with Crippen LogP contribution in [0.25, 0.3) is 6.08 Å². The van der Waals surface area contributed by atoms with Crippen molar-refractivity contribution in [3.8, 4) is 11.5 Å². The van der Waals surface area contributed by atoms with Gasteiger partial charge in [-0.25, -0.2) is 4.79 Å². The number of fused-ring (bicyclic) bond motifs is 1. The van der Waals surface area contributed by atoms with Gasteiger partial charge in [0.2, 0.25) is 6.79 Å². The van der Waals surface area contributed by atoms with Crippen molar-refractivity contribution >= 4 is 23.6 Å². The van der Waals surface area contributed by atoms with Crippen LogP contribution in [0.5, 0.6) is 11.5 Å². The van der Waals surface area contributed by atoms with Gasteiger partial charge in [-0.15, -0.1) is 0 Å². The second kappa shape index (κ2) is 6.57. The number of carbonyl (C=O) groups is 2. The van der Waals surface area contributed by atoms with Crippen LogP contribution < -0.4 is 14.8 Å². The molecule has 0 unspecified atom stereocenters. The Bertz CT molecular complexity index is 725. The van der Waals surface area contributed by atoms with E-state index in [1.54, 1.807) is 0 Å². The quantitative estimate of drug-likeness (QED) is 0.359. The summed E-state index contributed by atoms with van der Waals surface area (Å²) in [5.74, 6) is -0.503. The molecule has 1 saturated carbocycles. The zero-order valence-electron chi connectivity index (χ0n) is 12.5. The first-order valence-electron chi connectivity index (χ1n) is 7.25. The van der Waals surface area contributed by atoms with Crippen molar-refractivity contribution < 1.29 is 28.7 Å². The fraction of sp³-hybridized carbons (Fsp3) is 0.333. The largest absolute Gasteiger partial charge is 0.454 e. The molecule has 1 amide bonds. The van der Waals surface area contributed by atoms with Gasteiger partial charge in [-0.05, 0) is 25.0 Å². The van der Waals surface area contributed by atoms with Crippen molar-refractivity contribution in [2.45, 2.75) is 18.9 Å². The van der Waals surface area contributed by atoms with Crippen molar-refractivity contribution in [1.82, 2.24) is 5.32 Å². The molecule has 126 valence electrons. The minimum Gasteiger partial charge on any atom is -0.454 e. The smallest absolute Gasteiger partial charge is 0.331 e.